The van der Waals surface area contributed by atoms with Gasteiger partial charge in [-0.25, -0.2) is 4.98 Å². The van der Waals surface area contributed by atoms with Crippen LogP contribution < -0.4 is 10.9 Å². The molecule has 2 aliphatic rings. The molecule has 0 fully saturated rings. The van der Waals surface area contributed by atoms with E-state index in [0.717, 1.165) is 29.7 Å². The Morgan fingerprint density at radius 3 is 2.71 bits per heavy atom. The first-order valence-corrected chi connectivity index (χ1v) is 11.4. The molecule has 156 valence electrons. The van der Waals surface area contributed by atoms with Gasteiger partial charge >= 0.3 is 0 Å². The van der Waals surface area contributed by atoms with E-state index in [1.165, 1.54) is 11.8 Å². The van der Waals surface area contributed by atoms with Crippen LogP contribution in [0.5, 0.6) is 0 Å². The van der Waals surface area contributed by atoms with Crippen LogP contribution in [0, 0.1) is 0 Å². The van der Waals surface area contributed by atoms with Gasteiger partial charge in [-0.15, -0.1) is 0 Å². The van der Waals surface area contributed by atoms with Crippen LogP contribution in [0.2, 0.25) is 5.02 Å². The summed E-state index contributed by atoms with van der Waals surface area (Å²) in [6, 6.07) is 11.3. The Morgan fingerprint density at radius 2 is 1.90 bits per heavy atom. The van der Waals surface area contributed by atoms with Crippen LogP contribution in [0.15, 0.2) is 70.0 Å². The van der Waals surface area contributed by atoms with Gasteiger partial charge in [0.25, 0.3) is 5.56 Å². The third-order valence-electron chi connectivity index (χ3n) is 5.60. The number of H-pyrrole nitrogens is 1. The fourth-order valence-corrected chi connectivity index (χ4v) is 5.31. The predicted octanol–water partition coefficient (Wildman–Crippen LogP) is 4.68. The molecule has 0 saturated carbocycles. The largest absolute Gasteiger partial charge is 0.343 e. The number of halogens is 1. The minimum atomic E-state index is -0.444. The highest BCUT2D eigenvalue weighted by molar-refractivity contribution is 7.98. The number of nitrogens with zero attached hydrogens (tertiary/aromatic N) is 2. The molecule has 8 heteroatoms. The second-order valence-electron chi connectivity index (χ2n) is 7.52. The summed E-state index contributed by atoms with van der Waals surface area (Å²) < 4.78 is 0. The highest BCUT2D eigenvalue weighted by Gasteiger charge is 2.37. The smallest absolute Gasteiger partial charge is 0.257 e. The summed E-state index contributed by atoms with van der Waals surface area (Å²) in [5, 5.41) is 4.48. The Balaban J connectivity index is 1.56. The summed E-state index contributed by atoms with van der Waals surface area (Å²) >= 11 is 7.67. The fourth-order valence-electron chi connectivity index (χ4n) is 4.16. The molecule has 0 bridgehead atoms. The number of hydrogen-bond acceptors (Lipinski definition) is 6. The molecule has 1 aromatic carbocycles. The Kier molecular flexibility index (Phi) is 5.38. The Labute approximate surface area is 188 Å². The number of thioether (sulfide) groups is 1. The Bertz CT molecular complexity index is 1260. The summed E-state index contributed by atoms with van der Waals surface area (Å²) in [4.78, 5) is 37.7. The molecule has 2 N–H and O–H groups in total. The van der Waals surface area contributed by atoms with Crippen LogP contribution in [0.3, 0.4) is 0 Å². The molecule has 2 aromatic heterocycles. The monoisotopic (exact) mass is 450 g/mol. The number of rotatable bonds is 4. The van der Waals surface area contributed by atoms with Gasteiger partial charge in [-0.3, -0.25) is 14.6 Å². The predicted molar refractivity (Wildman–Crippen MR) is 121 cm³/mol. The second kappa shape index (κ2) is 8.32. The molecule has 1 atom stereocenters. The molecule has 1 aliphatic heterocycles. The third-order valence-corrected chi connectivity index (χ3v) is 6.89. The van der Waals surface area contributed by atoms with Crippen molar-refractivity contribution in [3.63, 3.8) is 0 Å². The standard InChI is InChI=1S/C23H19ClN4O2S/c24-15-5-2-1-4-14(15)12-31-23-27-21-20(22(30)28-23)18(13-8-10-25-11-9-13)19-16(26-21)6-3-7-17(19)29/h1-2,4-5,8-11,18H,3,6-7,12H2,(H2,26,27,28,30)/t18-/m0/s1. The normalized spacial score (nSPS) is 17.7. The first-order chi connectivity index (χ1) is 15.1. The van der Waals surface area contributed by atoms with Crippen molar-refractivity contribution in [3.05, 3.63) is 92.1 Å². The number of pyridine rings is 1. The Morgan fingerprint density at radius 1 is 1.10 bits per heavy atom. The van der Waals surface area contributed by atoms with Crippen LogP contribution in [0.4, 0.5) is 5.82 Å². The molecule has 0 unspecified atom stereocenters. The number of Topliss-reactive ketones (excluding diaryl/α,β-unsaturated/α-hetero) is 1. The van der Waals surface area contributed by atoms with Crippen molar-refractivity contribution in [1.29, 1.82) is 0 Å². The number of hydrogen-bond donors (Lipinski definition) is 2. The molecule has 5 rings (SSSR count). The van der Waals surface area contributed by atoms with E-state index in [1.54, 1.807) is 12.4 Å². The molecule has 3 aromatic rings. The van der Waals surface area contributed by atoms with E-state index in [1.807, 2.05) is 36.4 Å². The number of aromatic amines is 1. The number of aromatic nitrogens is 3. The van der Waals surface area contributed by atoms with Crippen LogP contribution in [-0.4, -0.2) is 20.7 Å². The molecule has 0 amide bonds. The SMILES string of the molecule is O=C1CCCC2=C1[C@H](c1ccncc1)c1c(nc(SCc3ccccc3Cl)[nH]c1=O)N2. The van der Waals surface area contributed by atoms with Crippen molar-refractivity contribution in [2.24, 2.45) is 0 Å². The minimum absolute atomic E-state index is 0.0813. The average Bonchev–Trinajstić information content (AvgIpc) is 2.78. The molecule has 3 heterocycles. The average molecular weight is 451 g/mol. The van der Waals surface area contributed by atoms with Gasteiger partial charge in [0.1, 0.15) is 5.82 Å². The Hall–Kier alpha value is -2.90. The number of fused-ring (bicyclic) bond motifs is 1. The maximum Gasteiger partial charge on any atom is 0.257 e. The van der Waals surface area contributed by atoms with Crippen LogP contribution >= 0.6 is 23.4 Å². The number of benzene rings is 1. The van der Waals surface area contributed by atoms with E-state index in [2.05, 4.69) is 15.3 Å². The van der Waals surface area contributed by atoms with Gasteiger partial charge in [0.2, 0.25) is 0 Å². The van der Waals surface area contributed by atoms with Gasteiger partial charge in [0.15, 0.2) is 10.9 Å². The summed E-state index contributed by atoms with van der Waals surface area (Å²) in [6.07, 6.45) is 5.41. The lowest BCUT2D eigenvalue weighted by Gasteiger charge is -2.32. The van der Waals surface area contributed by atoms with E-state index in [9.17, 15) is 9.59 Å². The van der Waals surface area contributed by atoms with Gasteiger partial charge in [0.05, 0.1) is 5.56 Å². The topological polar surface area (TPSA) is 87.7 Å². The van der Waals surface area contributed by atoms with Gasteiger partial charge in [-0.05, 0) is 42.2 Å². The van der Waals surface area contributed by atoms with Gasteiger partial charge in [-0.2, -0.15) is 0 Å². The lowest BCUT2D eigenvalue weighted by molar-refractivity contribution is -0.116. The van der Waals surface area contributed by atoms with Crippen LogP contribution in [0.25, 0.3) is 0 Å². The molecular formula is C23H19ClN4O2S. The van der Waals surface area contributed by atoms with E-state index in [0.29, 0.717) is 39.3 Å². The maximum absolute atomic E-state index is 13.2. The van der Waals surface area contributed by atoms with Gasteiger partial charge < -0.3 is 10.3 Å². The first-order valence-electron chi connectivity index (χ1n) is 10.1. The molecule has 6 nitrogen and oxygen atoms in total. The van der Waals surface area contributed by atoms with Crippen molar-refractivity contribution in [2.45, 2.75) is 36.1 Å². The number of ketones is 1. The maximum atomic E-state index is 13.2. The molecule has 31 heavy (non-hydrogen) atoms. The summed E-state index contributed by atoms with van der Waals surface area (Å²) in [5.74, 6) is 0.737. The summed E-state index contributed by atoms with van der Waals surface area (Å²) in [5.41, 5.74) is 3.61. The minimum Gasteiger partial charge on any atom is -0.343 e. The highest BCUT2D eigenvalue weighted by Crippen LogP contribution is 2.43. The van der Waals surface area contributed by atoms with E-state index >= 15 is 0 Å². The van der Waals surface area contributed by atoms with Crippen molar-refractivity contribution < 1.29 is 4.79 Å². The van der Waals surface area contributed by atoms with Crippen molar-refractivity contribution in [1.82, 2.24) is 15.0 Å². The second-order valence-corrected chi connectivity index (χ2v) is 8.89. The molecule has 0 saturated heterocycles. The number of carbonyl (C=O) groups excluding carboxylic acids is 1. The van der Waals surface area contributed by atoms with E-state index < -0.39 is 5.92 Å². The quantitative estimate of drug-likeness (QED) is 0.443. The fraction of sp³-hybridized carbons (Fsp3) is 0.217. The third kappa shape index (κ3) is 3.79. The number of carbonyl (C=O) groups is 1. The van der Waals surface area contributed by atoms with E-state index in [-0.39, 0.29) is 11.3 Å². The molecular weight excluding hydrogens is 432 g/mol. The van der Waals surface area contributed by atoms with Crippen molar-refractivity contribution in [2.75, 3.05) is 5.32 Å². The van der Waals surface area contributed by atoms with E-state index in [4.69, 9.17) is 16.6 Å². The van der Waals surface area contributed by atoms with Crippen LogP contribution in [0.1, 0.15) is 41.9 Å². The van der Waals surface area contributed by atoms with Gasteiger partial charge in [0, 0.05) is 46.8 Å². The highest BCUT2D eigenvalue weighted by atomic mass is 35.5. The lowest BCUT2D eigenvalue weighted by Crippen LogP contribution is -2.32. The lowest BCUT2D eigenvalue weighted by atomic mass is 9.77. The van der Waals surface area contributed by atoms with Crippen LogP contribution in [-0.2, 0) is 10.5 Å². The molecule has 0 spiro atoms. The number of nitrogens with one attached hydrogen (secondary N) is 2. The zero-order valence-electron chi connectivity index (χ0n) is 16.5. The first kappa shape index (κ1) is 20.0. The van der Waals surface area contributed by atoms with Crippen molar-refractivity contribution in [3.8, 4) is 0 Å². The number of allylic oxidation sites excluding steroid dienone is 2. The van der Waals surface area contributed by atoms with Crippen molar-refractivity contribution >= 4 is 35.0 Å². The van der Waals surface area contributed by atoms with Gasteiger partial charge in [-0.1, -0.05) is 41.6 Å². The zero-order chi connectivity index (χ0) is 21.4. The molecule has 1 aliphatic carbocycles. The molecule has 0 radical (unpaired) electrons. The zero-order valence-corrected chi connectivity index (χ0v) is 18.1. The summed E-state index contributed by atoms with van der Waals surface area (Å²) in [6.45, 7) is 0. The summed E-state index contributed by atoms with van der Waals surface area (Å²) in [7, 11) is 0. The number of anilines is 1.